The van der Waals surface area contributed by atoms with Gasteiger partial charge in [0.1, 0.15) is 0 Å². The van der Waals surface area contributed by atoms with Gasteiger partial charge in [-0.1, -0.05) is 0 Å². The third-order valence-electron chi connectivity index (χ3n) is 5.04. The second kappa shape index (κ2) is 7.30. The molecule has 1 aromatic rings. The normalized spacial score (nSPS) is 23.0. The Morgan fingerprint density at radius 2 is 1.79 bits per heavy atom. The van der Waals surface area contributed by atoms with E-state index in [4.69, 9.17) is 0 Å². The molecular formula is C18H26N4O2. The van der Waals surface area contributed by atoms with Crippen LogP contribution in [-0.2, 0) is 4.79 Å². The molecule has 2 saturated heterocycles. The minimum Gasteiger partial charge on any atom is -0.339 e. The molecule has 6 heteroatoms. The molecule has 0 bridgehead atoms. The van der Waals surface area contributed by atoms with E-state index in [0.717, 1.165) is 32.5 Å². The second-order valence-corrected chi connectivity index (χ2v) is 6.85. The second-order valence-electron chi connectivity index (χ2n) is 6.85. The molecule has 0 saturated carbocycles. The molecule has 2 aliphatic heterocycles. The Morgan fingerprint density at radius 1 is 1.12 bits per heavy atom. The highest BCUT2D eigenvalue weighted by Crippen LogP contribution is 2.21. The predicted molar refractivity (Wildman–Crippen MR) is 91.6 cm³/mol. The van der Waals surface area contributed by atoms with E-state index < -0.39 is 0 Å². The third kappa shape index (κ3) is 3.43. The van der Waals surface area contributed by atoms with Gasteiger partial charge in [0, 0.05) is 56.7 Å². The molecule has 2 fully saturated rings. The number of hydrogen-bond acceptors (Lipinski definition) is 4. The zero-order valence-corrected chi connectivity index (χ0v) is 14.5. The zero-order chi connectivity index (χ0) is 17.1. The van der Waals surface area contributed by atoms with Crippen LogP contribution in [0, 0.1) is 0 Å². The van der Waals surface area contributed by atoms with Crippen LogP contribution in [0.15, 0.2) is 24.5 Å². The fraction of sp³-hybridized carbons (Fsp3) is 0.611. The van der Waals surface area contributed by atoms with Crippen LogP contribution in [0.3, 0.4) is 0 Å². The summed E-state index contributed by atoms with van der Waals surface area (Å²) in [5.74, 6) is 0.306. The Labute approximate surface area is 143 Å². The van der Waals surface area contributed by atoms with Crippen molar-refractivity contribution in [3.63, 3.8) is 0 Å². The first kappa shape index (κ1) is 16.9. The van der Waals surface area contributed by atoms with Crippen LogP contribution in [0.25, 0.3) is 0 Å². The highest BCUT2D eigenvalue weighted by Gasteiger charge is 2.36. The quantitative estimate of drug-likeness (QED) is 0.837. The van der Waals surface area contributed by atoms with Gasteiger partial charge >= 0.3 is 0 Å². The van der Waals surface area contributed by atoms with E-state index in [-0.39, 0.29) is 23.9 Å². The maximum Gasteiger partial charge on any atom is 0.254 e. The number of pyridine rings is 1. The van der Waals surface area contributed by atoms with Gasteiger partial charge in [-0.2, -0.15) is 0 Å². The number of amides is 2. The van der Waals surface area contributed by atoms with Crippen LogP contribution >= 0.6 is 0 Å². The number of likely N-dealkylation sites (tertiary alicyclic amines) is 1. The smallest absolute Gasteiger partial charge is 0.254 e. The molecule has 0 spiro atoms. The van der Waals surface area contributed by atoms with Gasteiger partial charge in [-0.3, -0.25) is 19.5 Å². The molecule has 2 amide bonds. The maximum atomic E-state index is 12.7. The summed E-state index contributed by atoms with van der Waals surface area (Å²) >= 11 is 0. The Morgan fingerprint density at radius 3 is 2.42 bits per heavy atom. The van der Waals surface area contributed by atoms with E-state index in [0.29, 0.717) is 18.7 Å². The SMILES string of the molecule is CC(C)N1CCC[C@@H](N2CCN(C(=O)c3ccncc3)CC2)C1=O. The van der Waals surface area contributed by atoms with Crippen LogP contribution in [0.5, 0.6) is 0 Å². The standard InChI is InChI=1S/C18H26N4O2/c1-14(2)22-9-3-4-16(18(22)24)20-10-12-21(13-11-20)17(23)15-5-7-19-8-6-15/h5-8,14,16H,3-4,9-13H2,1-2H3/t16-/m1/s1. The van der Waals surface area contributed by atoms with Crippen molar-refractivity contribution in [3.05, 3.63) is 30.1 Å². The molecule has 0 radical (unpaired) electrons. The molecule has 6 nitrogen and oxygen atoms in total. The lowest BCUT2D eigenvalue weighted by atomic mass is 10.0. The molecule has 0 aromatic carbocycles. The molecule has 3 rings (SSSR count). The number of aromatic nitrogens is 1. The monoisotopic (exact) mass is 330 g/mol. The highest BCUT2D eigenvalue weighted by atomic mass is 16.2. The molecule has 3 heterocycles. The van der Waals surface area contributed by atoms with Gasteiger partial charge in [0.05, 0.1) is 6.04 Å². The van der Waals surface area contributed by atoms with Crippen molar-refractivity contribution in [2.75, 3.05) is 32.7 Å². The molecule has 0 N–H and O–H groups in total. The van der Waals surface area contributed by atoms with Crippen LogP contribution in [0.4, 0.5) is 0 Å². The third-order valence-corrected chi connectivity index (χ3v) is 5.04. The summed E-state index contributed by atoms with van der Waals surface area (Å²) in [6.07, 6.45) is 5.28. The topological polar surface area (TPSA) is 56.8 Å². The molecular weight excluding hydrogens is 304 g/mol. The molecule has 1 aromatic heterocycles. The van der Waals surface area contributed by atoms with Gasteiger partial charge in [-0.25, -0.2) is 0 Å². The summed E-state index contributed by atoms with van der Waals surface area (Å²) in [6.45, 7) is 7.89. The lowest BCUT2D eigenvalue weighted by molar-refractivity contribution is -0.142. The number of carbonyl (C=O) groups excluding carboxylic acids is 2. The average Bonchev–Trinajstić information content (AvgIpc) is 2.62. The lowest BCUT2D eigenvalue weighted by Gasteiger charge is -2.43. The zero-order valence-electron chi connectivity index (χ0n) is 14.5. The molecule has 24 heavy (non-hydrogen) atoms. The Hall–Kier alpha value is -1.95. The summed E-state index contributed by atoms with van der Waals surface area (Å²) in [7, 11) is 0. The number of rotatable bonds is 3. The molecule has 2 aliphatic rings. The fourth-order valence-corrected chi connectivity index (χ4v) is 3.65. The number of carbonyl (C=O) groups is 2. The minimum absolute atomic E-state index is 0.0145. The van der Waals surface area contributed by atoms with Gasteiger partial charge in [0.25, 0.3) is 5.91 Å². The van der Waals surface area contributed by atoms with Crippen LogP contribution < -0.4 is 0 Å². The van der Waals surface area contributed by atoms with Crippen LogP contribution in [0.1, 0.15) is 37.0 Å². The summed E-state index contributed by atoms with van der Waals surface area (Å²) in [6, 6.07) is 3.74. The minimum atomic E-state index is -0.0145. The van der Waals surface area contributed by atoms with E-state index in [9.17, 15) is 9.59 Å². The van der Waals surface area contributed by atoms with Gasteiger partial charge in [0.15, 0.2) is 0 Å². The fourth-order valence-electron chi connectivity index (χ4n) is 3.65. The van der Waals surface area contributed by atoms with Crippen molar-refractivity contribution >= 4 is 11.8 Å². The molecule has 0 aliphatic carbocycles. The lowest BCUT2D eigenvalue weighted by Crippen LogP contribution is -2.59. The Bertz CT molecular complexity index is 582. The van der Waals surface area contributed by atoms with E-state index >= 15 is 0 Å². The van der Waals surface area contributed by atoms with E-state index in [1.54, 1.807) is 24.5 Å². The summed E-state index contributed by atoms with van der Waals surface area (Å²) in [5, 5.41) is 0. The van der Waals surface area contributed by atoms with E-state index in [2.05, 4.69) is 23.7 Å². The first-order valence-electron chi connectivity index (χ1n) is 8.82. The molecule has 1 atom stereocenters. The number of nitrogens with zero attached hydrogens (tertiary/aromatic N) is 4. The number of piperazine rings is 1. The predicted octanol–water partition coefficient (Wildman–Crippen LogP) is 1.24. The van der Waals surface area contributed by atoms with Gasteiger partial charge in [-0.05, 0) is 38.8 Å². The maximum absolute atomic E-state index is 12.7. The molecule has 130 valence electrons. The first-order valence-corrected chi connectivity index (χ1v) is 8.82. The number of piperidine rings is 1. The number of hydrogen-bond donors (Lipinski definition) is 0. The van der Waals surface area contributed by atoms with Gasteiger partial charge in [-0.15, -0.1) is 0 Å². The van der Waals surface area contributed by atoms with Crippen molar-refractivity contribution < 1.29 is 9.59 Å². The van der Waals surface area contributed by atoms with Crippen molar-refractivity contribution in [2.24, 2.45) is 0 Å². The van der Waals surface area contributed by atoms with Crippen LogP contribution in [-0.4, -0.2) is 76.3 Å². The molecule has 0 unspecified atom stereocenters. The van der Waals surface area contributed by atoms with Crippen molar-refractivity contribution in [1.29, 1.82) is 0 Å². The van der Waals surface area contributed by atoms with E-state index in [1.807, 2.05) is 9.80 Å². The van der Waals surface area contributed by atoms with Gasteiger partial charge in [0.2, 0.25) is 5.91 Å². The highest BCUT2D eigenvalue weighted by molar-refractivity contribution is 5.94. The average molecular weight is 330 g/mol. The Balaban J connectivity index is 1.59. The van der Waals surface area contributed by atoms with Gasteiger partial charge < -0.3 is 9.80 Å². The summed E-state index contributed by atoms with van der Waals surface area (Å²) in [4.78, 5) is 35.3. The first-order chi connectivity index (χ1) is 11.6. The van der Waals surface area contributed by atoms with Crippen LogP contribution in [0.2, 0.25) is 0 Å². The Kier molecular flexibility index (Phi) is 5.14. The van der Waals surface area contributed by atoms with Crippen molar-refractivity contribution in [1.82, 2.24) is 19.7 Å². The van der Waals surface area contributed by atoms with Crippen molar-refractivity contribution in [3.8, 4) is 0 Å². The van der Waals surface area contributed by atoms with E-state index in [1.165, 1.54) is 0 Å². The van der Waals surface area contributed by atoms with Crippen molar-refractivity contribution in [2.45, 2.75) is 38.8 Å². The summed E-state index contributed by atoms with van der Waals surface area (Å²) < 4.78 is 0. The summed E-state index contributed by atoms with van der Waals surface area (Å²) in [5.41, 5.74) is 0.679. The largest absolute Gasteiger partial charge is 0.339 e.